The van der Waals surface area contributed by atoms with E-state index in [9.17, 15) is 19.5 Å². The van der Waals surface area contributed by atoms with Crippen molar-refractivity contribution in [1.82, 2.24) is 43.6 Å². The van der Waals surface area contributed by atoms with Crippen LogP contribution in [0.1, 0.15) is 82.1 Å². The molecule has 0 saturated carbocycles. The fourth-order valence-corrected chi connectivity index (χ4v) is 9.92. The molecular weight excluding hydrogens is 1280 g/mol. The summed E-state index contributed by atoms with van der Waals surface area (Å²) in [7, 11) is 0. The monoisotopic (exact) mass is 1360 g/mol. The molecule has 3 aromatic carbocycles. The number of fused-ring (bicyclic) bond motifs is 3. The van der Waals surface area contributed by atoms with Crippen LogP contribution in [0.15, 0.2) is 215 Å². The number of rotatable bonds is 19. The molecule has 9 aromatic heterocycles. The van der Waals surface area contributed by atoms with Gasteiger partial charge in [0.1, 0.15) is 58.1 Å². The first-order valence-electron chi connectivity index (χ1n) is 32.7. The quantitative estimate of drug-likeness (QED) is 0.0433. The number of aliphatic hydroxyl groups excluding tert-OH is 1. The number of aliphatic hydroxyl groups is 1. The van der Waals surface area contributed by atoms with Gasteiger partial charge in [-0.3, -0.25) is 14.4 Å². The molecule has 0 radical (unpaired) electrons. The number of benzene rings is 3. The first-order chi connectivity index (χ1) is 47.4. The maximum atomic E-state index is 13.1. The van der Waals surface area contributed by atoms with Crippen LogP contribution < -0.4 is 81.9 Å². The van der Waals surface area contributed by atoms with Crippen LogP contribution in [0.25, 0.3) is 66.1 Å². The van der Waals surface area contributed by atoms with E-state index in [4.69, 9.17) is 36.7 Å². The molecule has 0 saturated heterocycles. The number of anilines is 5. The smallest absolute Gasteiger partial charge is 0.850 e. The Labute approximate surface area is 604 Å². The van der Waals surface area contributed by atoms with Gasteiger partial charge in [-0.05, 0) is 111 Å². The summed E-state index contributed by atoms with van der Waals surface area (Å²) in [5.41, 5.74) is 11.8. The number of aromatic nitrogens is 9. The van der Waals surface area contributed by atoms with Crippen molar-refractivity contribution in [3.8, 4) is 50.6 Å². The van der Waals surface area contributed by atoms with E-state index in [1.54, 1.807) is 95.9 Å². The number of nitrogen functional groups attached to an aromatic ring is 1. The molecule has 5 N–H and O–H groups in total. The van der Waals surface area contributed by atoms with E-state index in [1.165, 1.54) is 0 Å². The van der Waals surface area contributed by atoms with Gasteiger partial charge in [0, 0.05) is 83.2 Å². The van der Waals surface area contributed by atoms with Crippen LogP contribution in [0.3, 0.4) is 0 Å². The van der Waals surface area contributed by atoms with Crippen molar-refractivity contribution in [3.05, 3.63) is 237 Å². The first kappa shape index (κ1) is 78.2. The molecule has 0 atom stereocenters. The number of hydrogen-bond acceptors (Lipinski definition) is 17. The van der Waals surface area contributed by atoms with Crippen LogP contribution in [0.5, 0.6) is 17.2 Å². The Bertz CT molecular complexity index is 4440. The summed E-state index contributed by atoms with van der Waals surface area (Å²) in [6.45, 7) is 22.2. The zero-order valence-electron chi connectivity index (χ0n) is 58.2. The van der Waals surface area contributed by atoms with E-state index in [0.717, 1.165) is 80.3 Å². The minimum Gasteiger partial charge on any atom is -0.850 e. The van der Waals surface area contributed by atoms with E-state index < -0.39 is 5.60 Å². The first-order valence-corrected chi connectivity index (χ1v) is 33.1. The topological polar surface area (TPSA) is 264 Å². The standard InChI is InChI=1S/C24H24N4O2.C23H22N4O3.C16H13ClN2O.C8H12N2O.C4H9O.C2H6.Na/c1-3-12-30-19-10-11-22(26-16-19)27-23-14-21-18(15-25-23)13-20(24(29)28(21)4-2)17-8-6-5-7-9-17;1-2-27-20-13-22(26-21-9-8-18(15-25-21)30-11-10-28)24-14-17(20)12-19(23(27)29)16-6-4-3-5-7-16;1-2-19-14-9-15(17)18-10-12(14)8-13(16(19)20)11-6-4-3-5-7-11;1-2-5-11-7-3-4-8(9)10-6-7;1-4(2,3)5;1-2;/h5-11,13-16H,3-4,12H2,1-2H3,(H,25,26,27);3-9,12-15,28H,2,10-11H2,1H3,(H,24,25,26);3-10H,2H2,1H3;3-4,6H,2,5H2,1H3,(H2,9,10);1-3H3;1-2H3;/q;;;;-1;;+1. The third-order valence-corrected chi connectivity index (χ3v) is 14.4. The molecule has 99 heavy (non-hydrogen) atoms. The molecule has 0 aliphatic rings. The van der Waals surface area contributed by atoms with Crippen molar-refractivity contribution in [1.29, 1.82) is 0 Å². The normalized spacial score (nSPS) is 10.5. The molecule has 0 aliphatic heterocycles. The summed E-state index contributed by atoms with van der Waals surface area (Å²) in [6, 6.07) is 51.0. The Balaban J connectivity index is 0.000000210. The van der Waals surface area contributed by atoms with Crippen molar-refractivity contribution < 1.29 is 54.0 Å². The second-order valence-electron chi connectivity index (χ2n) is 22.6. The average Bonchev–Trinajstić information content (AvgIpc) is 0.789. The van der Waals surface area contributed by atoms with Gasteiger partial charge in [-0.2, -0.15) is 0 Å². The van der Waals surface area contributed by atoms with Crippen LogP contribution >= 0.6 is 11.6 Å². The minimum atomic E-state index is -0.750. The van der Waals surface area contributed by atoms with Gasteiger partial charge < -0.3 is 54.5 Å². The zero-order valence-corrected chi connectivity index (χ0v) is 61.0. The van der Waals surface area contributed by atoms with Crippen LogP contribution in [0.2, 0.25) is 5.15 Å². The van der Waals surface area contributed by atoms with Gasteiger partial charge in [-0.25, -0.2) is 29.9 Å². The second-order valence-corrected chi connectivity index (χ2v) is 22.9. The summed E-state index contributed by atoms with van der Waals surface area (Å²) in [5.74, 6) is 5.10. The van der Waals surface area contributed by atoms with Crippen molar-refractivity contribution in [2.45, 2.75) is 107 Å². The predicted molar refractivity (Wildman–Crippen MR) is 395 cm³/mol. The molecule has 0 unspecified atom stereocenters. The van der Waals surface area contributed by atoms with Gasteiger partial charge in [-0.15, -0.1) is 5.60 Å². The van der Waals surface area contributed by atoms with Gasteiger partial charge >= 0.3 is 29.6 Å². The molecule has 0 bridgehead atoms. The fourth-order valence-electron chi connectivity index (χ4n) is 9.77. The molecule has 0 amide bonds. The van der Waals surface area contributed by atoms with Crippen LogP contribution in [0, 0.1) is 0 Å². The maximum Gasteiger partial charge on any atom is 1.00 e. The Hall–Kier alpha value is -9.80. The summed E-state index contributed by atoms with van der Waals surface area (Å²) < 4.78 is 21.4. The predicted octanol–water partition coefficient (Wildman–Crippen LogP) is 12.0. The summed E-state index contributed by atoms with van der Waals surface area (Å²) in [5, 5.41) is 28.4. The van der Waals surface area contributed by atoms with Gasteiger partial charge in [0.15, 0.2) is 0 Å². The Kier molecular flexibility index (Phi) is 31.2. The number of hydrogen-bond donors (Lipinski definition) is 4. The number of pyridine rings is 9. The third kappa shape index (κ3) is 22.9. The Morgan fingerprint density at radius 2 is 0.778 bits per heavy atom. The summed E-state index contributed by atoms with van der Waals surface area (Å²) in [6.07, 6.45) is 12.1. The number of nitrogens with zero attached hydrogens (tertiary/aromatic N) is 9. The van der Waals surface area contributed by atoms with E-state index in [2.05, 4.69) is 54.4 Å². The number of ether oxygens (including phenoxy) is 3. The zero-order chi connectivity index (χ0) is 70.6. The van der Waals surface area contributed by atoms with Crippen LogP contribution in [-0.2, 0) is 19.6 Å². The van der Waals surface area contributed by atoms with Gasteiger partial charge in [-0.1, -0.05) is 151 Å². The molecule has 20 nitrogen and oxygen atoms in total. The average molecular weight is 1370 g/mol. The molecule has 22 heteroatoms. The van der Waals surface area contributed by atoms with Crippen molar-refractivity contribution >= 4 is 73.4 Å². The van der Waals surface area contributed by atoms with Crippen LogP contribution in [-0.4, -0.2) is 80.7 Å². The molecule has 0 spiro atoms. The Morgan fingerprint density at radius 1 is 0.455 bits per heavy atom. The maximum absolute atomic E-state index is 13.1. The molecule has 0 aliphatic carbocycles. The number of halogens is 1. The van der Waals surface area contributed by atoms with Gasteiger partial charge in [0.05, 0.1) is 55.0 Å². The summed E-state index contributed by atoms with van der Waals surface area (Å²) >= 11 is 5.93. The van der Waals surface area contributed by atoms with Crippen molar-refractivity contribution in [3.63, 3.8) is 0 Å². The van der Waals surface area contributed by atoms with E-state index in [0.29, 0.717) is 82.9 Å². The largest absolute Gasteiger partial charge is 1.00 e. The second kappa shape index (κ2) is 39.6. The molecular formula is C77H86ClN12NaO8. The third-order valence-electron chi connectivity index (χ3n) is 14.2. The van der Waals surface area contributed by atoms with Crippen LogP contribution in [0.4, 0.5) is 29.1 Å². The number of nitrogens with one attached hydrogen (secondary N) is 2. The van der Waals surface area contributed by atoms with E-state index in [-0.39, 0.29) is 59.4 Å². The fraction of sp³-hybridized carbons (Fsp3) is 0.260. The SMILES string of the molecule is CC.CC(C)(C)[O-].CCCOc1ccc(N)nc1.CCCOc1ccc(Nc2cc3c(cn2)cc(-c2ccccc2)c(=O)n3CC)nc1.CCn1c(=O)c(-c2ccccc2)cc2cnc(Cl)cc21.CCn1c(=O)c(-c2ccccc2)cc2cnc(Nc3ccc(OCCO)cn3)cc21.[Na+]. The molecule has 12 aromatic rings. The van der Waals surface area contributed by atoms with E-state index >= 15 is 0 Å². The van der Waals surface area contributed by atoms with Gasteiger partial charge in [0.2, 0.25) is 0 Å². The molecule has 510 valence electrons. The number of aryl methyl sites for hydroxylation is 3. The summed E-state index contributed by atoms with van der Waals surface area (Å²) in [4.78, 5) is 64.5. The van der Waals surface area contributed by atoms with Gasteiger partial charge in [0.25, 0.3) is 16.7 Å². The van der Waals surface area contributed by atoms with Crippen molar-refractivity contribution in [2.75, 3.05) is 42.8 Å². The molecule has 12 rings (SSSR count). The van der Waals surface area contributed by atoms with E-state index in [1.807, 2.05) is 174 Å². The van der Waals surface area contributed by atoms with Crippen molar-refractivity contribution in [2.24, 2.45) is 0 Å². The number of nitrogens with two attached hydrogens (primary N) is 1. The molecule has 9 heterocycles. The Morgan fingerprint density at radius 3 is 1.09 bits per heavy atom. The minimum absolute atomic E-state index is 0. The molecule has 0 fully saturated rings.